The van der Waals surface area contributed by atoms with Crippen molar-refractivity contribution in [3.8, 4) is 0 Å². The number of hydrogen-bond acceptors (Lipinski definition) is 2. The van der Waals surface area contributed by atoms with Gasteiger partial charge in [-0.25, -0.2) is 13.7 Å². The molecular weight excluding hydrogens is 372 g/mol. The summed E-state index contributed by atoms with van der Waals surface area (Å²) in [5.74, 6) is -4.14. The van der Waals surface area contributed by atoms with Crippen molar-refractivity contribution in [2.24, 2.45) is 11.8 Å². The second-order valence-corrected chi connectivity index (χ2v) is 7.87. The van der Waals surface area contributed by atoms with Crippen molar-refractivity contribution < 1.29 is 18.4 Å². The lowest BCUT2D eigenvalue weighted by Crippen LogP contribution is -2.41. The zero-order valence-electron chi connectivity index (χ0n) is 15.2. The summed E-state index contributed by atoms with van der Waals surface area (Å²) in [7, 11) is 0. The number of carbonyl (C=O) groups is 2. The third kappa shape index (κ3) is 2.00. The van der Waals surface area contributed by atoms with Crippen LogP contribution in [-0.2, 0) is 9.59 Å². The van der Waals surface area contributed by atoms with Gasteiger partial charge < -0.3 is 0 Å². The van der Waals surface area contributed by atoms with E-state index in [1.807, 2.05) is 48.5 Å². The summed E-state index contributed by atoms with van der Waals surface area (Å²) in [5, 5.41) is 0. The van der Waals surface area contributed by atoms with Crippen molar-refractivity contribution >= 4 is 17.5 Å². The van der Waals surface area contributed by atoms with Crippen LogP contribution in [0.5, 0.6) is 0 Å². The lowest BCUT2D eigenvalue weighted by atomic mass is 9.55. The Balaban J connectivity index is 1.57. The summed E-state index contributed by atoms with van der Waals surface area (Å²) in [4.78, 5) is 27.8. The summed E-state index contributed by atoms with van der Waals surface area (Å²) < 4.78 is 27.9. The molecule has 4 aliphatic rings. The number of halogens is 2. The molecular formula is C24H15F2NO2. The average molecular weight is 387 g/mol. The van der Waals surface area contributed by atoms with Crippen LogP contribution in [0.4, 0.5) is 14.5 Å². The highest BCUT2D eigenvalue weighted by molar-refractivity contribution is 6.23. The van der Waals surface area contributed by atoms with Crippen LogP contribution in [0.25, 0.3) is 0 Å². The first-order chi connectivity index (χ1) is 14.1. The fourth-order valence-corrected chi connectivity index (χ4v) is 5.58. The van der Waals surface area contributed by atoms with E-state index in [1.54, 1.807) is 0 Å². The van der Waals surface area contributed by atoms with Crippen molar-refractivity contribution in [1.29, 1.82) is 0 Å². The van der Waals surface area contributed by atoms with Gasteiger partial charge in [0.2, 0.25) is 11.8 Å². The summed E-state index contributed by atoms with van der Waals surface area (Å²) >= 11 is 0. The molecule has 0 radical (unpaired) electrons. The molecule has 2 amide bonds. The number of rotatable bonds is 1. The van der Waals surface area contributed by atoms with Crippen LogP contribution < -0.4 is 4.90 Å². The van der Waals surface area contributed by atoms with Crippen molar-refractivity contribution in [1.82, 2.24) is 0 Å². The summed E-state index contributed by atoms with van der Waals surface area (Å²) in [6.45, 7) is 0. The van der Waals surface area contributed by atoms with Crippen molar-refractivity contribution in [2.75, 3.05) is 4.90 Å². The number of benzene rings is 3. The minimum absolute atomic E-state index is 0.177. The second kappa shape index (κ2) is 5.60. The first-order valence-corrected chi connectivity index (χ1v) is 9.58. The molecule has 0 N–H and O–H groups in total. The first-order valence-electron chi connectivity index (χ1n) is 9.58. The summed E-state index contributed by atoms with van der Waals surface area (Å²) in [6.07, 6.45) is 0. The molecule has 2 bridgehead atoms. The maximum absolute atomic E-state index is 14.5. The molecule has 142 valence electrons. The minimum Gasteiger partial charge on any atom is -0.274 e. The molecule has 1 aliphatic heterocycles. The molecule has 7 rings (SSSR count). The Morgan fingerprint density at radius 2 is 1.10 bits per heavy atom. The van der Waals surface area contributed by atoms with Gasteiger partial charge in [-0.1, -0.05) is 48.5 Å². The van der Waals surface area contributed by atoms with E-state index in [-0.39, 0.29) is 17.5 Å². The van der Waals surface area contributed by atoms with E-state index in [0.717, 1.165) is 33.2 Å². The highest BCUT2D eigenvalue weighted by Crippen LogP contribution is 2.61. The van der Waals surface area contributed by atoms with Crippen molar-refractivity contribution in [2.45, 2.75) is 11.8 Å². The minimum atomic E-state index is -0.910. The van der Waals surface area contributed by atoms with Crippen LogP contribution in [0.1, 0.15) is 34.1 Å². The smallest absolute Gasteiger partial charge is 0.238 e. The Hall–Kier alpha value is -3.34. The molecule has 3 aliphatic carbocycles. The lowest BCUT2D eigenvalue weighted by molar-refractivity contribution is -0.122. The van der Waals surface area contributed by atoms with E-state index in [0.29, 0.717) is 6.07 Å². The average Bonchev–Trinajstić information content (AvgIpc) is 2.99. The van der Waals surface area contributed by atoms with Crippen molar-refractivity contribution in [3.05, 3.63) is 101 Å². The van der Waals surface area contributed by atoms with E-state index < -0.39 is 35.3 Å². The molecule has 1 heterocycles. The molecule has 2 atom stereocenters. The highest BCUT2D eigenvalue weighted by Gasteiger charge is 2.62. The number of carbonyl (C=O) groups excluding carboxylic acids is 2. The predicted octanol–water partition coefficient (Wildman–Crippen LogP) is 4.36. The summed E-state index contributed by atoms with van der Waals surface area (Å²) in [6, 6.07) is 18.7. The highest BCUT2D eigenvalue weighted by atomic mass is 19.1. The van der Waals surface area contributed by atoms with E-state index in [2.05, 4.69) is 0 Å². The molecule has 0 aromatic heterocycles. The van der Waals surface area contributed by atoms with Gasteiger partial charge in [-0.2, -0.15) is 0 Å². The monoisotopic (exact) mass is 387 g/mol. The van der Waals surface area contributed by atoms with Gasteiger partial charge in [0.25, 0.3) is 0 Å². The van der Waals surface area contributed by atoms with Gasteiger partial charge in [0, 0.05) is 17.9 Å². The maximum atomic E-state index is 14.5. The number of anilines is 1. The molecule has 29 heavy (non-hydrogen) atoms. The normalized spacial score (nSPS) is 26.3. The molecule has 3 aromatic rings. The van der Waals surface area contributed by atoms with Gasteiger partial charge in [-0.15, -0.1) is 0 Å². The van der Waals surface area contributed by atoms with Crippen LogP contribution in [-0.4, -0.2) is 11.8 Å². The van der Waals surface area contributed by atoms with Crippen LogP contribution in [0.2, 0.25) is 0 Å². The molecule has 3 aromatic carbocycles. The third-order valence-corrected chi connectivity index (χ3v) is 6.60. The van der Waals surface area contributed by atoms with Crippen LogP contribution in [0.3, 0.4) is 0 Å². The number of nitrogens with zero attached hydrogens (tertiary/aromatic N) is 1. The largest absolute Gasteiger partial charge is 0.274 e. The predicted molar refractivity (Wildman–Crippen MR) is 102 cm³/mol. The lowest BCUT2D eigenvalue weighted by Gasteiger charge is -2.45. The van der Waals surface area contributed by atoms with Gasteiger partial charge >= 0.3 is 0 Å². The van der Waals surface area contributed by atoms with Crippen LogP contribution in [0, 0.1) is 23.5 Å². The van der Waals surface area contributed by atoms with Crippen LogP contribution in [0.15, 0.2) is 66.7 Å². The second-order valence-electron chi connectivity index (χ2n) is 7.87. The summed E-state index contributed by atoms with van der Waals surface area (Å²) in [5.41, 5.74) is 4.04. The Morgan fingerprint density at radius 1 is 0.655 bits per heavy atom. The van der Waals surface area contributed by atoms with E-state index in [4.69, 9.17) is 0 Å². The first kappa shape index (κ1) is 16.6. The van der Waals surface area contributed by atoms with Crippen LogP contribution >= 0.6 is 0 Å². The Bertz CT molecular complexity index is 1110. The zero-order chi connectivity index (χ0) is 19.9. The molecule has 0 unspecified atom stereocenters. The topological polar surface area (TPSA) is 37.4 Å². The van der Waals surface area contributed by atoms with E-state index >= 15 is 0 Å². The molecule has 1 fully saturated rings. The molecule has 1 saturated heterocycles. The molecule has 5 heteroatoms. The number of amides is 2. The fraction of sp³-hybridized carbons (Fsp3) is 0.167. The van der Waals surface area contributed by atoms with Gasteiger partial charge in [0.1, 0.15) is 11.6 Å². The van der Waals surface area contributed by atoms with Gasteiger partial charge in [0.15, 0.2) is 0 Å². The SMILES string of the molecule is O=C1[C@H]2C3c4ccccc4C(c4ccccc43)[C@@H]2C(=O)N1c1ccc(F)cc1F. The van der Waals surface area contributed by atoms with E-state index in [9.17, 15) is 18.4 Å². The Kier molecular flexibility index (Phi) is 3.20. The standard InChI is InChI=1S/C24H15F2NO2/c25-12-9-10-18(17(26)11-12)27-23(28)21-19-13-5-1-2-6-14(13)20(22(21)24(27)29)16-8-4-3-7-15(16)19/h1-11,19-22H/t19?,20?,21-,22-/m0/s1. The quantitative estimate of drug-likeness (QED) is 0.582. The van der Waals surface area contributed by atoms with Gasteiger partial charge in [-0.3, -0.25) is 9.59 Å². The zero-order valence-corrected chi connectivity index (χ0v) is 15.2. The molecule has 3 nitrogen and oxygen atoms in total. The maximum Gasteiger partial charge on any atom is 0.238 e. The number of imide groups is 1. The Labute approximate surface area is 165 Å². The molecule has 0 spiro atoms. The molecule has 0 saturated carbocycles. The third-order valence-electron chi connectivity index (χ3n) is 6.60. The van der Waals surface area contributed by atoms with Gasteiger partial charge in [-0.05, 0) is 34.4 Å². The Morgan fingerprint density at radius 3 is 1.52 bits per heavy atom. The van der Waals surface area contributed by atoms with Crippen molar-refractivity contribution in [3.63, 3.8) is 0 Å². The number of hydrogen-bond donors (Lipinski definition) is 0. The fourth-order valence-electron chi connectivity index (χ4n) is 5.58. The van der Waals surface area contributed by atoms with E-state index in [1.165, 1.54) is 6.07 Å². The van der Waals surface area contributed by atoms with Gasteiger partial charge in [0.05, 0.1) is 17.5 Å².